The lowest BCUT2D eigenvalue weighted by Gasteiger charge is -2.27. The maximum Gasteiger partial charge on any atom is 0.433 e. The molecule has 1 aromatic carbocycles. The molecule has 0 fully saturated rings. The number of amides is 1. The zero-order valence-electron chi connectivity index (χ0n) is 12.1. The number of benzene rings is 1. The molecule has 5 nitrogen and oxygen atoms in total. The van der Waals surface area contributed by atoms with Gasteiger partial charge in [0.1, 0.15) is 5.82 Å². The van der Waals surface area contributed by atoms with Crippen molar-refractivity contribution in [1.29, 1.82) is 0 Å². The zero-order chi connectivity index (χ0) is 17.5. The molecule has 0 atom stereocenters. The van der Waals surface area contributed by atoms with E-state index in [4.69, 9.17) is 5.11 Å². The fourth-order valence-electron chi connectivity index (χ4n) is 2.58. The highest BCUT2D eigenvalue weighted by atomic mass is 19.4. The number of nitrogens with zero attached hydrogens (tertiary/aromatic N) is 3. The summed E-state index contributed by atoms with van der Waals surface area (Å²) >= 11 is 0. The molecule has 0 aliphatic carbocycles. The summed E-state index contributed by atoms with van der Waals surface area (Å²) in [7, 11) is 0. The van der Waals surface area contributed by atoms with Crippen molar-refractivity contribution in [1.82, 2.24) is 14.9 Å². The molecule has 0 unspecified atom stereocenters. The summed E-state index contributed by atoms with van der Waals surface area (Å²) in [6.45, 7) is -0.327. The minimum absolute atomic E-state index is 0.00904. The summed E-state index contributed by atoms with van der Waals surface area (Å²) < 4.78 is 53.3. The lowest BCUT2D eigenvalue weighted by molar-refractivity contribution is -0.142. The first kappa shape index (κ1) is 16.2. The molecule has 9 heteroatoms. The molecule has 24 heavy (non-hydrogen) atoms. The fraction of sp³-hybridized carbons (Fsp3) is 0.267. The smallest absolute Gasteiger partial charge is 0.433 e. The summed E-state index contributed by atoms with van der Waals surface area (Å²) in [6, 6.07) is 4.91. The van der Waals surface area contributed by atoms with Crippen molar-refractivity contribution in [3.63, 3.8) is 0 Å². The van der Waals surface area contributed by atoms with Crippen LogP contribution in [0.25, 0.3) is 11.4 Å². The lowest BCUT2D eigenvalue weighted by Crippen LogP contribution is -2.36. The lowest BCUT2D eigenvalue weighted by atomic mass is 10.0. The molecule has 0 bridgehead atoms. The highest BCUT2D eigenvalue weighted by Crippen LogP contribution is 2.35. The minimum atomic E-state index is -4.71. The maximum atomic E-state index is 13.3. The van der Waals surface area contributed by atoms with Gasteiger partial charge in [-0.05, 0) is 18.6 Å². The van der Waals surface area contributed by atoms with Crippen LogP contribution in [0.4, 0.5) is 22.4 Å². The van der Waals surface area contributed by atoms with E-state index in [1.54, 1.807) is 0 Å². The number of rotatable bonds is 1. The van der Waals surface area contributed by atoms with Gasteiger partial charge in [0.05, 0.1) is 12.2 Å². The van der Waals surface area contributed by atoms with Crippen molar-refractivity contribution >= 4 is 6.09 Å². The molecule has 126 valence electrons. The molecule has 1 aliphatic rings. The van der Waals surface area contributed by atoms with Crippen LogP contribution in [0.5, 0.6) is 0 Å². The molecule has 0 radical (unpaired) electrons. The molecular weight excluding hydrogens is 330 g/mol. The Morgan fingerprint density at radius 3 is 2.62 bits per heavy atom. The monoisotopic (exact) mass is 341 g/mol. The maximum absolute atomic E-state index is 13.3. The SMILES string of the molecule is O=C(O)N1CCc2c(nc(-c3cccc(F)c3)nc2C(F)(F)F)C1. The highest BCUT2D eigenvalue weighted by Gasteiger charge is 2.39. The Morgan fingerprint density at radius 2 is 2.00 bits per heavy atom. The molecule has 0 saturated heterocycles. The van der Waals surface area contributed by atoms with E-state index in [1.807, 2.05) is 0 Å². The summed E-state index contributed by atoms with van der Waals surface area (Å²) in [4.78, 5) is 19.7. The second kappa shape index (κ2) is 5.73. The van der Waals surface area contributed by atoms with E-state index in [1.165, 1.54) is 12.1 Å². The first-order valence-electron chi connectivity index (χ1n) is 6.96. The van der Waals surface area contributed by atoms with Crippen LogP contribution in [0.15, 0.2) is 24.3 Å². The van der Waals surface area contributed by atoms with Crippen LogP contribution in [-0.2, 0) is 19.1 Å². The Balaban J connectivity index is 2.16. The Kier molecular flexibility index (Phi) is 3.86. The molecular formula is C15H11F4N3O2. The average Bonchev–Trinajstić information content (AvgIpc) is 2.52. The first-order chi connectivity index (χ1) is 11.3. The van der Waals surface area contributed by atoms with Gasteiger partial charge in [0.2, 0.25) is 0 Å². The van der Waals surface area contributed by atoms with Crippen LogP contribution in [0.3, 0.4) is 0 Å². The van der Waals surface area contributed by atoms with E-state index in [-0.39, 0.29) is 42.2 Å². The van der Waals surface area contributed by atoms with Crippen molar-refractivity contribution < 1.29 is 27.5 Å². The van der Waals surface area contributed by atoms with Gasteiger partial charge in [0, 0.05) is 17.7 Å². The number of hydrogen-bond donors (Lipinski definition) is 1. The Hall–Kier alpha value is -2.71. The van der Waals surface area contributed by atoms with Gasteiger partial charge in [-0.1, -0.05) is 12.1 Å². The third-order valence-corrected chi connectivity index (χ3v) is 3.69. The van der Waals surface area contributed by atoms with E-state index < -0.39 is 23.8 Å². The van der Waals surface area contributed by atoms with Gasteiger partial charge >= 0.3 is 12.3 Å². The fourth-order valence-corrected chi connectivity index (χ4v) is 2.58. The van der Waals surface area contributed by atoms with Crippen molar-refractivity contribution in [3.8, 4) is 11.4 Å². The predicted molar refractivity (Wildman–Crippen MR) is 74.6 cm³/mol. The van der Waals surface area contributed by atoms with Crippen molar-refractivity contribution in [3.05, 3.63) is 47.0 Å². The number of alkyl halides is 3. The normalized spacial score (nSPS) is 14.4. The van der Waals surface area contributed by atoms with Gasteiger partial charge in [-0.2, -0.15) is 13.2 Å². The van der Waals surface area contributed by atoms with Gasteiger partial charge in [-0.25, -0.2) is 19.2 Å². The molecule has 2 aromatic rings. The summed E-state index contributed by atoms with van der Waals surface area (Å²) in [5.41, 5.74) is -1.13. The third-order valence-electron chi connectivity index (χ3n) is 3.69. The minimum Gasteiger partial charge on any atom is -0.465 e. The Morgan fingerprint density at radius 1 is 1.25 bits per heavy atom. The van der Waals surface area contributed by atoms with Gasteiger partial charge in [0.25, 0.3) is 0 Å². The number of carbonyl (C=O) groups is 1. The summed E-state index contributed by atoms with van der Waals surface area (Å²) in [5, 5.41) is 9.03. The Bertz CT molecular complexity index is 808. The largest absolute Gasteiger partial charge is 0.465 e. The van der Waals surface area contributed by atoms with E-state index in [0.29, 0.717) is 0 Å². The topological polar surface area (TPSA) is 66.3 Å². The molecule has 1 amide bonds. The van der Waals surface area contributed by atoms with Crippen molar-refractivity contribution in [2.24, 2.45) is 0 Å². The van der Waals surface area contributed by atoms with Crippen LogP contribution in [0.1, 0.15) is 17.0 Å². The molecule has 1 aliphatic heterocycles. The number of carboxylic acid groups (broad SMARTS) is 1. The third kappa shape index (κ3) is 3.01. The quantitative estimate of drug-likeness (QED) is 0.808. The number of hydrogen-bond acceptors (Lipinski definition) is 3. The van der Waals surface area contributed by atoms with Crippen LogP contribution in [-0.4, -0.2) is 32.6 Å². The Labute approximate surface area is 133 Å². The molecule has 0 spiro atoms. The van der Waals surface area contributed by atoms with Gasteiger partial charge in [0.15, 0.2) is 11.5 Å². The van der Waals surface area contributed by atoms with E-state index in [9.17, 15) is 22.4 Å². The summed E-state index contributed by atoms with van der Waals surface area (Å²) in [5.74, 6) is -0.914. The molecule has 0 saturated carbocycles. The first-order valence-corrected chi connectivity index (χ1v) is 6.96. The molecule has 1 N–H and O–H groups in total. The standard InChI is InChI=1S/C15H11F4N3O2/c16-9-3-1-2-8(6-9)13-20-11-7-22(14(23)24)5-4-10(11)12(21-13)15(17,18)19/h1-3,6H,4-5,7H2,(H,23,24). The zero-order valence-corrected chi connectivity index (χ0v) is 12.1. The van der Waals surface area contributed by atoms with E-state index >= 15 is 0 Å². The van der Waals surface area contributed by atoms with E-state index in [0.717, 1.165) is 17.0 Å². The van der Waals surface area contributed by atoms with Crippen molar-refractivity contribution in [2.45, 2.75) is 19.1 Å². The van der Waals surface area contributed by atoms with Gasteiger partial charge < -0.3 is 10.0 Å². The van der Waals surface area contributed by atoms with Crippen LogP contribution < -0.4 is 0 Å². The number of halogens is 4. The van der Waals surface area contributed by atoms with Crippen LogP contribution in [0.2, 0.25) is 0 Å². The number of fused-ring (bicyclic) bond motifs is 1. The average molecular weight is 341 g/mol. The molecule has 1 aromatic heterocycles. The van der Waals surface area contributed by atoms with Gasteiger partial charge in [-0.15, -0.1) is 0 Å². The highest BCUT2D eigenvalue weighted by molar-refractivity contribution is 5.65. The molecule has 2 heterocycles. The van der Waals surface area contributed by atoms with Crippen molar-refractivity contribution in [2.75, 3.05) is 6.54 Å². The number of aromatic nitrogens is 2. The molecule has 3 rings (SSSR count). The van der Waals surface area contributed by atoms with Gasteiger partial charge in [-0.3, -0.25) is 0 Å². The second-order valence-electron chi connectivity index (χ2n) is 5.28. The van der Waals surface area contributed by atoms with E-state index in [2.05, 4.69) is 9.97 Å². The van der Waals surface area contributed by atoms with Crippen LogP contribution in [0, 0.1) is 5.82 Å². The van der Waals surface area contributed by atoms with Crippen LogP contribution >= 0.6 is 0 Å². The second-order valence-corrected chi connectivity index (χ2v) is 5.28. The summed E-state index contributed by atoms with van der Waals surface area (Å²) in [6.07, 6.45) is -6.07. The predicted octanol–water partition coefficient (Wildman–Crippen LogP) is 3.34.